The number of benzene rings is 1. The van der Waals surface area contributed by atoms with Gasteiger partial charge in [-0.15, -0.1) is 5.10 Å². The van der Waals surface area contributed by atoms with Crippen LogP contribution < -0.4 is 0 Å². The van der Waals surface area contributed by atoms with E-state index in [1.165, 1.54) is 5.56 Å². The predicted molar refractivity (Wildman–Crippen MR) is 104 cm³/mol. The summed E-state index contributed by atoms with van der Waals surface area (Å²) >= 11 is 0. The van der Waals surface area contributed by atoms with Gasteiger partial charge in [-0.25, -0.2) is 4.68 Å². The van der Waals surface area contributed by atoms with Crippen LogP contribution in [0.2, 0.25) is 0 Å². The fraction of sp³-hybridized carbons (Fsp3) is 0.650. The van der Waals surface area contributed by atoms with Gasteiger partial charge in [-0.3, -0.25) is 9.80 Å². The molecule has 26 heavy (non-hydrogen) atoms. The highest BCUT2D eigenvalue weighted by Gasteiger charge is 2.33. The van der Waals surface area contributed by atoms with Gasteiger partial charge in [0.1, 0.15) is 0 Å². The van der Waals surface area contributed by atoms with Gasteiger partial charge in [-0.1, -0.05) is 44.2 Å². The van der Waals surface area contributed by atoms with Gasteiger partial charge in [0.05, 0.1) is 11.6 Å². The van der Waals surface area contributed by atoms with E-state index in [2.05, 4.69) is 90.3 Å². The number of hydrogen-bond acceptors (Lipinski definition) is 5. The first-order valence-corrected chi connectivity index (χ1v) is 9.65. The minimum absolute atomic E-state index is 0.110. The zero-order valence-electron chi connectivity index (χ0n) is 16.8. The Balaban J connectivity index is 1.69. The van der Waals surface area contributed by atoms with E-state index < -0.39 is 0 Å². The third kappa shape index (κ3) is 4.30. The molecular formula is C20H32N6. The molecule has 3 rings (SSSR count). The molecule has 0 amide bonds. The number of aromatic nitrogens is 4. The lowest BCUT2D eigenvalue weighted by molar-refractivity contribution is 0.0638. The highest BCUT2D eigenvalue weighted by atomic mass is 15.6. The van der Waals surface area contributed by atoms with Crippen LogP contribution in [0.15, 0.2) is 30.3 Å². The molecular weight excluding hydrogens is 324 g/mol. The molecule has 0 aliphatic carbocycles. The monoisotopic (exact) mass is 356 g/mol. The molecule has 1 aromatic heterocycles. The van der Waals surface area contributed by atoms with Crippen molar-refractivity contribution in [1.29, 1.82) is 0 Å². The molecule has 1 saturated heterocycles. The molecule has 142 valence electrons. The zero-order chi connectivity index (χ0) is 18.7. The summed E-state index contributed by atoms with van der Waals surface area (Å²) in [5, 5.41) is 12.7. The van der Waals surface area contributed by atoms with Crippen LogP contribution in [-0.4, -0.2) is 56.2 Å². The second-order valence-corrected chi connectivity index (χ2v) is 8.61. The molecule has 1 aromatic carbocycles. The molecule has 0 spiro atoms. The molecule has 0 N–H and O–H groups in total. The van der Waals surface area contributed by atoms with Crippen molar-refractivity contribution in [2.24, 2.45) is 5.92 Å². The van der Waals surface area contributed by atoms with E-state index in [0.717, 1.165) is 38.5 Å². The fourth-order valence-electron chi connectivity index (χ4n) is 3.78. The van der Waals surface area contributed by atoms with Crippen molar-refractivity contribution in [2.75, 3.05) is 26.2 Å². The van der Waals surface area contributed by atoms with Crippen molar-refractivity contribution in [1.82, 2.24) is 30.0 Å². The van der Waals surface area contributed by atoms with Crippen LogP contribution in [-0.2, 0) is 12.1 Å². The highest BCUT2D eigenvalue weighted by molar-refractivity contribution is 5.14. The van der Waals surface area contributed by atoms with E-state index in [4.69, 9.17) is 0 Å². The number of rotatable bonds is 5. The van der Waals surface area contributed by atoms with E-state index in [1.54, 1.807) is 0 Å². The Morgan fingerprint density at radius 2 is 1.65 bits per heavy atom. The first-order valence-electron chi connectivity index (χ1n) is 9.65. The van der Waals surface area contributed by atoms with Crippen LogP contribution in [0.25, 0.3) is 0 Å². The van der Waals surface area contributed by atoms with Crippen LogP contribution in [0.4, 0.5) is 0 Å². The summed E-state index contributed by atoms with van der Waals surface area (Å²) in [5.74, 6) is 1.45. The molecule has 0 radical (unpaired) electrons. The van der Waals surface area contributed by atoms with Crippen LogP contribution in [0.1, 0.15) is 52.0 Å². The second kappa shape index (κ2) is 7.84. The Kier molecular flexibility index (Phi) is 5.73. The van der Waals surface area contributed by atoms with Gasteiger partial charge >= 0.3 is 0 Å². The Hall–Kier alpha value is -1.79. The van der Waals surface area contributed by atoms with Crippen molar-refractivity contribution in [2.45, 2.75) is 52.7 Å². The van der Waals surface area contributed by atoms with E-state index >= 15 is 0 Å². The maximum absolute atomic E-state index is 4.41. The maximum atomic E-state index is 4.41. The minimum atomic E-state index is -0.110. The third-order valence-electron chi connectivity index (χ3n) is 5.07. The second-order valence-electron chi connectivity index (χ2n) is 8.61. The standard InChI is InChI=1S/C20H32N6/c1-16(2)18(19-21-22-23-26(19)20(3,4)5)25-13-11-24(12-14-25)15-17-9-7-6-8-10-17/h6-10,16,18H,11-15H2,1-5H3. The average Bonchev–Trinajstić information content (AvgIpc) is 3.07. The first kappa shape index (κ1) is 19.0. The van der Waals surface area contributed by atoms with Crippen molar-refractivity contribution < 1.29 is 0 Å². The summed E-state index contributed by atoms with van der Waals surface area (Å²) in [6, 6.07) is 11.0. The number of nitrogens with zero attached hydrogens (tertiary/aromatic N) is 6. The van der Waals surface area contributed by atoms with Gasteiger partial charge in [-0.2, -0.15) is 0 Å². The van der Waals surface area contributed by atoms with Gasteiger partial charge in [0.25, 0.3) is 0 Å². The van der Waals surface area contributed by atoms with E-state index in [0.29, 0.717) is 5.92 Å². The molecule has 0 bridgehead atoms. The van der Waals surface area contributed by atoms with Crippen molar-refractivity contribution in [3.63, 3.8) is 0 Å². The SMILES string of the molecule is CC(C)C(c1nnnn1C(C)(C)C)N1CCN(Cc2ccccc2)CC1. The quantitative estimate of drug-likeness (QED) is 0.824. The maximum Gasteiger partial charge on any atom is 0.169 e. The molecule has 1 aliphatic rings. The van der Waals surface area contributed by atoms with Crippen LogP contribution in [0.5, 0.6) is 0 Å². The van der Waals surface area contributed by atoms with Crippen molar-refractivity contribution in [3.8, 4) is 0 Å². The van der Waals surface area contributed by atoms with Crippen LogP contribution >= 0.6 is 0 Å². The molecule has 1 fully saturated rings. The van der Waals surface area contributed by atoms with Gasteiger partial charge < -0.3 is 0 Å². The fourth-order valence-corrected chi connectivity index (χ4v) is 3.78. The molecule has 1 aliphatic heterocycles. The number of tetrazole rings is 1. The van der Waals surface area contributed by atoms with Crippen LogP contribution in [0, 0.1) is 5.92 Å². The predicted octanol–water partition coefficient (Wildman–Crippen LogP) is 2.94. The van der Waals surface area contributed by atoms with Gasteiger partial charge in [-0.05, 0) is 42.7 Å². The molecule has 1 unspecified atom stereocenters. The largest absolute Gasteiger partial charge is 0.297 e. The number of hydrogen-bond donors (Lipinski definition) is 0. The van der Waals surface area contributed by atoms with Crippen molar-refractivity contribution >= 4 is 0 Å². The lowest BCUT2D eigenvalue weighted by atomic mass is 9.99. The molecule has 1 atom stereocenters. The summed E-state index contributed by atoms with van der Waals surface area (Å²) in [6.45, 7) is 16.3. The summed E-state index contributed by atoms with van der Waals surface area (Å²) in [4.78, 5) is 5.09. The molecule has 6 heteroatoms. The lowest BCUT2D eigenvalue weighted by Gasteiger charge is -2.40. The molecule has 6 nitrogen and oxygen atoms in total. The highest BCUT2D eigenvalue weighted by Crippen LogP contribution is 2.30. The smallest absolute Gasteiger partial charge is 0.169 e. The minimum Gasteiger partial charge on any atom is -0.297 e. The summed E-state index contributed by atoms with van der Waals surface area (Å²) in [5.41, 5.74) is 1.28. The van der Waals surface area contributed by atoms with Gasteiger partial charge in [0.15, 0.2) is 5.82 Å². The third-order valence-corrected chi connectivity index (χ3v) is 5.07. The summed E-state index contributed by atoms with van der Waals surface area (Å²) in [7, 11) is 0. The number of piperazine rings is 1. The summed E-state index contributed by atoms with van der Waals surface area (Å²) in [6.07, 6.45) is 0. The molecule has 2 aromatic rings. The summed E-state index contributed by atoms with van der Waals surface area (Å²) < 4.78 is 1.99. The van der Waals surface area contributed by atoms with Gasteiger partial charge in [0.2, 0.25) is 0 Å². The van der Waals surface area contributed by atoms with Gasteiger partial charge in [0, 0.05) is 32.7 Å². The Morgan fingerprint density at radius 1 is 1.00 bits per heavy atom. The topological polar surface area (TPSA) is 50.1 Å². The van der Waals surface area contributed by atoms with Crippen molar-refractivity contribution in [3.05, 3.63) is 41.7 Å². The lowest BCUT2D eigenvalue weighted by Crippen LogP contribution is -2.49. The Morgan fingerprint density at radius 3 is 2.23 bits per heavy atom. The van der Waals surface area contributed by atoms with E-state index in [9.17, 15) is 0 Å². The Bertz CT molecular complexity index is 680. The van der Waals surface area contributed by atoms with E-state index in [1.807, 2.05) is 4.68 Å². The average molecular weight is 357 g/mol. The molecule has 0 saturated carbocycles. The Labute approximate surface area is 157 Å². The zero-order valence-corrected chi connectivity index (χ0v) is 16.8. The molecule has 2 heterocycles. The normalized spacial score (nSPS) is 18.4. The van der Waals surface area contributed by atoms with E-state index in [-0.39, 0.29) is 11.6 Å². The van der Waals surface area contributed by atoms with Crippen LogP contribution in [0.3, 0.4) is 0 Å². The first-order chi connectivity index (χ1) is 12.4.